The lowest BCUT2D eigenvalue weighted by Gasteiger charge is -2.31. The minimum Gasteiger partial charge on any atom is -0.466 e. The van der Waals surface area contributed by atoms with Crippen LogP contribution in [-0.4, -0.2) is 67.4 Å². The van der Waals surface area contributed by atoms with Gasteiger partial charge in [-0.05, 0) is 65.4 Å². The van der Waals surface area contributed by atoms with Crippen LogP contribution >= 0.6 is 0 Å². The Bertz CT molecular complexity index is 786. The fourth-order valence-corrected chi connectivity index (χ4v) is 4.55. The smallest absolute Gasteiger partial charge is 0.410 e. The molecule has 0 spiro atoms. The third-order valence-corrected chi connectivity index (χ3v) is 6.32. The van der Waals surface area contributed by atoms with E-state index in [1.807, 2.05) is 58.0 Å². The van der Waals surface area contributed by atoms with E-state index in [1.54, 1.807) is 4.90 Å². The number of ether oxygens (including phenoxy) is 5. The molecular weight excluding hydrogens is 450 g/mol. The summed E-state index contributed by atoms with van der Waals surface area (Å²) in [6.07, 6.45) is 3.41. The van der Waals surface area contributed by atoms with Crippen molar-refractivity contribution in [1.29, 1.82) is 0 Å². The average molecular weight is 492 g/mol. The van der Waals surface area contributed by atoms with Gasteiger partial charge in [-0.1, -0.05) is 30.3 Å². The van der Waals surface area contributed by atoms with Gasteiger partial charge in [-0.3, -0.25) is 4.79 Å². The van der Waals surface area contributed by atoms with Crippen molar-refractivity contribution in [2.24, 2.45) is 5.92 Å². The molecule has 1 amide bonds. The van der Waals surface area contributed by atoms with Gasteiger partial charge < -0.3 is 28.6 Å². The predicted molar refractivity (Wildman–Crippen MR) is 131 cm³/mol. The first-order valence-corrected chi connectivity index (χ1v) is 12.8. The highest BCUT2D eigenvalue weighted by Gasteiger charge is 2.39. The Morgan fingerprint density at radius 2 is 1.71 bits per heavy atom. The molecule has 0 bridgehead atoms. The summed E-state index contributed by atoms with van der Waals surface area (Å²) in [5.74, 6) is -0.138. The molecule has 196 valence electrons. The summed E-state index contributed by atoms with van der Waals surface area (Å²) < 4.78 is 28.6. The van der Waals surface area contributed by atoms with Gasteiger partial charge in [-0.15, -0.1) is 0 Å². The van der Waals surface area contributed by atoms with Crippen LogP contribution in [-0.2, 0) is 35.1 Å². The van der Waals surface area contributed by atoms with E-state index in [-0.39, 0.29) is 43.0 Å². The maximum absolute atomic E-state index is 12.9. The van der Waals surface area contributed by atoms with Gasteiger partial charge in [-0.25, -0.2) is 4.79 Å². The Morgan fingerprint density at radius 3 is 2.37 bits per heavy atom. The van der Waals surface area contributed by atoms with E-state index in [0.29, 0.717) is 32.8 Å². The number of esters is 1. The quantitative estimate of drug-likeness (QED) is 0.267. The lowest BCUT2D eigenvalue weighted by molar-refractivity contribution is -0.150. The van der Waals surface area contributed by atoms with Crippen molar-refractivity contribution >= 4 is 12.1 Å². The van der Waals surface area contributed by atoms with Crippen LogP contribution in [0.2, 0.25) is 0 Å². The molecule has 35 heavy (non-hydrogen) atoms. The second-order valence-electron chi connectivity index (χ2n) is 10.3. The average Bonchev–Trinajstić information content (AvgIpc) is 3.24. The number of likely N-dealkylation sites (tertiary alicyclic amines) is 1. The third-order valence-electron chi connectivity index (χ3n) is 6.32. The van der Waals surface area contributed by atoms with Gasteiger partial charge in [0.2, 0.25) is 0 Å². The van der Waals surface area contributed by atoms with E-state index in [2.05, 4.69) is 0 Å². The standard InChI is InChI=1S/C27H41NO7/c1-5-32-25(29)21-11-13-23(14-12-21)33-18-22-15-24(16-28(22)26(30)35-27(2,3)4)34-19-31-17-20-9-7-6-8-10-20/h6-10,21-24H,5,11-19H2,1-4H3/t21?,22-,23?,24+/m0/s1. The SMILES string of the molecule is CCOC(=O)C1CCC(OC[C@@H]2C[C@@H](OCOCc3ccccc3)CN2C(=O)OC(C)(C)C)CC1. The van der Waals surface area contributed by atoms with Crippen LogP contribution in [0.4, 0.5) is 4.79 Å². The third kappa shape index (κ3) is 9.09. The van der Waals surface area contributed by atoms with E-state index in [1.165, 1.54) is 0 Å². The molecule has 0 unspecified atom stereocenters. The minimum atomic E-state index is -0.578. The fraction of sp³-hybridized carbons (Fsp3) is 0.704. The number of benzene rings is 1. The van der Waals surface area contributed by atoms with E-state index < -0.39 is 5.60 Å². The number of carbonyl (C=O) groups is 2. The zero-order valence-electron chi connectivity index (χ0n) is 21.6. The van der Waals surface area contributed by atoms with Gasteiger partial charge in [0.25, 0.3) is 0 Å². The molecule has 1 heterocycles. The Labute approximate surface area is 209 Å². The van der Waals surface area contributed by atoms with Crippen molar-refractivity contribution in [2.45, 2.75) is 90.3 Å². The lowest BCUT2D eigenvalue weighted by atomic mass is 9.87. The molecular formula is C27H41NO7. The molecule has 2 aliphatic rings. The zero-order chi connectivity index (χ0) is 25.3. The Kier molecular flexibility index (Phi) is 10.4. The Hall–Kier alpha value is -2.16. The van der Waals surface area contributed by atoms with Crippen molar-refractivity contribution < 1.29 is 33.3 Å². The molecule has 1 aliphatic carbocycles. The first-order chi connectivity index (χ1) is 16.7. The van der Waals surface area contributed by atoms with Gasteiger partial charge in [0.15, 0.2) is 0 Å². The molecule has 2 atom stereocenters. The number of rotatable bonds is 10. The first-order valence-electron chi connectivity index (χ1n) is 12.8. The molecule has 0 N–H and O–H groups in total. The molecule has 0 radical (unpaired) electrons. The van der Waals surface area contributed by atoms with Gasteiger partial charge in [-0.2, -0.15) is 0 Å². The Morgan fingerprint density at radius 1 is 1.00 bits per heavy atom. The van der Waals surface area contributed by atoms with Crippen molar-refractivity contribution in [3.63, 3.8) is 0 Å². The highest BCUT2D eigenvalue weighted by atomic mass is 16.7. The maximum atomic E-state index is 12.9. The van der Waals surface area contributed by atoms with Gasteiger partial charge in [0.05, 0.1) is 50.5 Å². The summed E-state index contributed by atoms with van der Waals surface area (Å²) in [5, 5.41) is 0. The van der Waals surface area contributed by atoms with Crippen molar-refractivity contribution in [1.82, 2.24) is 4.90 Å². The minimum absolute atomic E-state index is 0.0341. The molecule has 8 heteroatoms. The van der Waals surface area contributed by atoms with E-state index in [0.717, 1.165) is 31.2 Å². The summed E-state index contributed by atoms with van der Waals surface area (Å²) >= 11 is 0. The van der Waals surface area contributed by atoms with Crippen LogP contribution < -0.4 is 0 Å². The summed E-state index contributed by atoms with van der Waals surface area (Å²) in [7, 11) is 0. The normalized spacial score (nSPS) is 24.9. The maximum Gasteiger partial charge on any atom is 0.410 e. The molecule has 1 saturated carbocycles. The Balaban J connectivity index is 1.47. The van der Waals surface area contributed by atoms with Crippen molar-refractivity contribution in [3.05, 3.63) is 35.9 Å². The zero-order valence-corrected chi connectivity index (χ0v) is 21.6. The second kappa shape index (κ2) is 13.2. The molecule has 8 nitrogen and oxygen atoms in total. The van der Waals surface area contributed by atoms with Crippen molar-refractivity contribution in [2.75, 3.05) is 26.6 Å². The van der Waals surface area contributed by atoms with Crippen LogP contribution in [0, 0.1) is 5.92 Å². The monoisotopic (exact) mass is 491 g/mol. The highest BCUT2D eigenvalue weighted by Crippen LogP contribution is 2.29. The first kappa shape index (κ1) is 27.4. The van der Waals surface area contributed by atoms with Crippen LogP contribution in [0.5, 0.6) is 0 Å². The highest BCUT2D eigenvalue weighted by molar-refractivity contribution is 5.72. The molecule has 0 aromatic heterocycles. The number of hydrogen-bond acceptors (Lipinski definition) is 7. The topological polar surface area (TPSA) is 83.5 Å². The largest absolute Gasteiger partial charge is 0.466 e. The van der Waals surface area contributed by atoms with Crippen LogP contribution in [0.1, 0.15) is 65.4 Å². The summed E-state index contributed by atoms with van der Waals surface area (Å²) in [4.78, 5) is 26.6. The van der Waals surface area contributed by atoms with E-state index in [9.17, 15) is 9.59 Å². The molecule has 1 saturated heterocycles. The number of hydrogen-bond donors (Lipinski definition) is 0. The number of carbonyl (C=O) groups excluding carboxylic acids is 2. The second-order valence-corrected chi connectivity index (χ2v) is 10.3. The van der Waals surface area contributed by atoms with Gasteiger partial charge in [0.1, 0.15) is 12.4 Å². The summed E-state index contributed by atoms with van der Waals surface area (Å²) in [6, 6.07) is 9.80. The molecule has 2 fully saturated rings. The van der Waals surface area contributed by atoms with Crippen LogP contribution in [0.25, 0.3) is 0 Å². The molecule has 1 aliphatic heterocycles. The van der Waals surface area contributed by atoms with Gasteiger partial charge >= 0.3 is 12.1 Å². The number of amides is 1. The number of nitrogens with zero attached hydrogens (tertiary/aromatic N) is 1. The lowest BCUT2D eigenvalue weighted by Crippen LogP contribution is -2.42. The van der Waals surface area contributed by atoms with E-state index >= 15 is 0 Å². The molecule has 1 aromatic rings. The van der Waals surface area contributed by atoms with Crippen molar-refractivity contribution in [3.8, 4) is 0 Å². The van der Waals surface area contributed by atoms with Crippen LogP contribution in [0.3, 0.4) is 0 Å². The molecule has 3 rings (SSSR count). The predicted octanol–water partition coefficient (Wildman–Crippen LogP) is 4.69. The van der Waals surface area contributed by atoms with Crippen LogP contribution in [0.15, 0.2) is 30.3 Å². The van der Waals surface area contributed by atoms with E-state index in [4.69, 9.17) is 23.7 Å². The fourth-order valence-electron chi connectivity index (χ4n) is 4.55. The molecule has 1 aromatic carbocycles. The summed E-state index contributed by atoms with van der Waals surface area (Å²) in [6.45, 7) is 9.32. The van der Waals surface area contributed by atoms with Gasteiger partial charge in [0, 0.05) is 0 Å². The summed E-state index contributed by atoms with van der Waals surface area (Å²) in [5.41, 5.74) is 0.507.